The van der Waals surface area contributed by atoms with Gasteiger partial charge in [0, 0.05) is 5.56 Å². The van der Waals surface area contributed by atoms with Gasteiger partial charge < -0.3 is 10.5 Å². The standard InChI is InChI=1S/C9H11BrN2O/c1-6(10)13-8-4-2-7(3-5-8)9(11)12/h2-6H,1H3,(H3,11,12). The second-order valence-electron chi connectivity index (χ2n) is 2.60. The molecule has 3 N–H and O–H groups in total. The third kappa shape index (κ3) is 3.06. The van der Waals surface area contributed by atoms with Crippen LogP contribution in [0, 0.1) is 5.41 Å². The molecule has 0 heterocycles. The minimum Gasteiger partial charge on any atom is -0.480 e. The van der Waals surface area contributed by atoms with Crippen LogP contribution in [0.4, 0.5) is 0 Å². The summed E-state index contributed by atoms with van der Waals surface area (Å²) in [6.45, 7) is 1.89. The minimum absolute atomic E-state index is 0.0179. The average Bonchev–Trinajstić information content (AvgIpc) is 2.04. The maximum absolute atomic E-state index is 7.18. The van der Waals surface area contributed by atoms with Crippen molar-refractivity contribution >= 4 is 21.8 Å². The maximum atomic E-state index is 7.18. The van der Waals surface area contributed by atoms with Crippen molar-refractivity contribution in [2.45, 2.75) is 11.9 Å². The second-order valence-corrected chi connectivity index (χ2v) is 3.89. The van der Waals surface area contributed by atoms with Crippen molar-refractivity contribution in [2.24, 2.45) is 5.73 Å². The highest BCUT2D eigenvalue weighted by Crippen LogP contribution is 2.15. The summed E-state index contributed by atoms with van der Waals surface area (Å²) in [6.07, 6.45) is 0. The van der Waals surface area contributed by atoms with Crippen LogP contribution < -0.4 is 10.5 Å². The molecule has 0 fully saturated rings. The van der Waals surface area contributed by atoms with E-state index in [9.17, 15) is 0 Å². The van der Waals surface area contributed by atoms with Crippen molar-refractivity contribution in [3.05, 3.63) is 29.8 Å². The Kier molecular flexibility index (Phi) is 3.31. The Morgan fingerprint density at radius 1 is 1.46 bits per heavy atom. The molecule has 0 aliphatic carbocycles. The molecule has 13 heavy (non-hydrogen) atoms. The van der Waals surface area contributed by atoms with E-state index in [1.807, 2.05) is 6.92 Å². The first-order valence-corrected chi connectivity index (χ1v) is 4.76. The van der Waals surface area contributed by atoms with E-state index in [4.69, 9.17) is 15.9 Å². The Morgan fingerprint density at radius 3 is 2.38 bits per heavy atom. The van der Waals surface area contributed by atoms with Crippen LogP contribution in [0.3, 0.4) is 0 Å². The number of hydrogen-bond acceptors (Lipinski definition) is 2. The summed E-state index contributed by atoms with van der Waals surface area (Å²) >= 11 is 3.27. The van der Waals surface area contributed by atoms with Gasteiger partial charge in [0.2, 0.25) is 0 Å². The van der Waals surface area contributed by atoms with Gasteiger partial charge in [0.25, 0.3) is 0 Å². The van der Waals surface area contributed by atoms with E-state index in [1.165, 1.54) is 0 Å². The van der Waals surface area contributed by atoms with Crippen molar-refractivity contribution in [2.75, 3.05) is 0 Å². The SMILES string of the molecule is CC(Br)Oc1ccc(C(=N)N)cc1. The predicted molar refractivity (Wildman–Crippen MR) is 56.5 cm³/mol. The Bertz CT molecular complexity index is 295. The lowest BCUT2D eigenvalue weighted by Crippen LogP contribution is -2.10. The van der Waals surface area contributed by atoms with Crippen molar-refractivity contribution in [3.63, 3.8) is 0 Å². The average molecular weight is 243 g/mol. The molecular weight excluding hydrogens is 232 g/mol. The molecule has 1 rings (SSSR count). The summed E-state index contributed by atoms with van der Waals surface area (Å²) in [5.74, 6) is 0.827. The Balaban J connectivity index is 2.75. The zero-order valence-corrected chi connectivity index (χ0v) is 8.84. The fourth-order valence-corrected chi connectivity index (χ4v) is 1.12. The first kappa shape index (κ1) is 10.1. The number of rotatable bonds is 3. The molecule has 0 aromatic heterocycles. The van der Waals surface area contributed by atoms with Crippen LogP contribution in [0.2, 0.25) is 0 Å². The van der Waals surface area contributed by atoms with Crippen LogP contribution in [0.5, 0.6) is 5.75 Å². The van der Waals surface area contributed by atoms with E-state index in [0.29, 0.717) is 5.56 Å². The van der Waals surface area contributed by atoms with Gasteiger partial charge >= 0.3 is 0 Å². The van der Waals surface area contributed by atoms with Gasteiger partial charge in [0.15, 0.2) is 5.01 Å². The Morgan fingerprint density at radius 2 is 2.00 bits per heavy atom. The molecule has 1 aromatic carbocycles. The van der Waals surface area contributed by atoms with Gasteiger partial charge in [0.05, 0.1) is 0 Å². The molecule has 0 saturated heterocycles. The van der Waals surface area contributed by atoms with Gasteiger partial charge in [0.1, 0.15) is 11.6 Å². The molecular formula is C9H11BrN2O. The number of nitrogen functional groups attached to an aromatic ring is 1. The number of benzene rings is 1. The summed E-state index contributed by atoms with van der Waals surface area (Å²) in [4.78, 5) is 0. The Hall–Kier alpha value is -1.03. The van der Waals surface area contributed by atoms with Crippen LogP contribution in [-0.2, 0) is 0 Å². The van der Waals surface area contributed by atoms with Crippen molar-refractivity contribution in [3.8, 4) is 5.75 Å². The van der Waals surface area contributed by atoms with Crippen LogP contribution in [0.15, 0.2) is 24.3 Å². The summed E-state index contributed by atoms with van der Waals surface area (Å²) in [5, 5.41) is 7.16. The van der Waals surface area contributed by atoms with Crippen molar-refractivity contribution in [1.29, 1.82) is 5.41 Å². The molecule has 1 aromatic rings. The molecule has 0 aliphatic heterocycles. The predicted octanol–water partition coefficient (Wildman–Crippen LogP) is 2.09. The Labute approximate surface area is 85.5 Å². The number of amidine groups is 1. The lowest BCUT2D eigenvalue weighted by atomic mass is 10.2. The largest absolute Gasteiger partial charge is 0.480 e. The number of alkyl halides is 1. The topological polar surface area (TPSA) is 59.1 Å². The first-order chi connectivity index (χ1) is 6.09. The number of nitrogens with two attached hydrogens (primary N) is 1. The molecule has 0 spiro atoms. The number of nitrogens with one attached hydrogen (secondary N) is 1. The zero-order valence-electron chi connectivity index (χ0n) is 7.25. The highest BCUT2D eigenvalue weighted by atomic mass is 79.9. The fraction of sp³-hybridized carbons (Fsp3) is 0.222. The molecule has 70 valence electrons. The molecule has 0 aliphatic rings. The highest BCUT2D eigenvalue weighted by Gasteiger charge is 1.99. The number of halogens is 1. The third-order valence-corrected chi connectivity index (χ3v) is 1.65. The normalized spacial score (nSPS) is 12.2. The van der Waals surface area contributed by atoms with Crippen molar-refractivity contribution in [1.82, 2.24) is 0 Å². The van der Waals surface area contributed by atoms with Gasteiger partial charge in [-0.15, -0.1) is 0 Å². The van der Waals surface area contributed by atoms with Gasteiger partial charge in [-0.05, 0) is 47.1 Å². The van der Waals surface area contributed by atoms with Crippen LogP contribution in [0.25, 0.3) is 0 Å². The summed E-state index contributed by atoms with van der Waals surface area (Å²) in [5.41, 5.74) is 6.00. The number of hydrogen-bond donors (Lipinski definition) is 2. The molecule has 0 amide bonds. The number of ether oxygens (including phenoxy) is 1. The lowest BCUT2D eigenvalue weighted by molar-refractivity contribution is 0.314. The van der Waals surface area contributed by atoms with Gasteiger partial charge in [-0.25, -0.2) is 0 Å². The van der Waals surface area contributed by atoms with Crippen LogP contribution >= 0.6 is 15.9 Å². The molecule has 1 unspecified atom stereocenters. The van der Waals surface area contributed by atoms with Gasteiger partial charge in [-0.3, -0.25) is 5.41 Å². The van der Waals surface area contributed by atoms with Crippen molar-refractivity contribution < 1.29 is 4.74 Å². The van der Waals surface area contributed by atoms with Gasteiger partial charge in [-0.1, -0.05) is 0 Å². The van der Waals surface area contributed by atoms with Gasteiger partial charge in [-0.2, -0.15) is 0 Å². The van der Waals surface area contributed by atoms with E-state index >= 15 is 0 Å². The van der Waals surface area contributed by atoms with E-state index in [2.05, 4.69) is 15.9 Å². The summed E-state index contributed by atoms with van der Waals surface area (Å²) < 4.78 is 5.35. The van der Waals surface area contributed by atoms with Crippen LogP contribution in [-0.4, -0.2) is 10.8 Å². The van der Waals surface area contributed by atoms with Crippen LogP contribution in [0.1, 0.15) is 12.5 Å². The molecule has 0 bridgehead atoms. The molecule has 0 radical (unpaired) electrons. The maximum Gasteiger partial charge on any atom is 0.150 e. The minimum atomic E-state index is -0.0179. The van der Waals surface area contributed by atoms with E-state index in [-0.39, 0.29) is 10.8 Å². The van der Waals surface area contributed by atoms with E-state index < -0.39 is 0 Å². The quantitative estimate of drug-likeness (QED) is 0.485. The summed E-state index contributed by atoms with van der Waals surface area (Å²) in [7, 11) is 0. The molecule has 1 atom stereocenters. The molecule has 4 heteroatoms. The van der Waals surface area contributed by atoms with E-state index in [0.717, 1.165) is 5.75 Å². The first-order valence-electron chi connectivity index (χ1n) is 3.85. The fourth-order valence-electron chi connectivity index (χ4n) is 0.901. The highest BCUT2D eigenvalue weighted by molar-refractivity contribution is 9.09. The van der Waals surface area contributed by atoms with E-state index in [1.54, 1.807) is 24.3 Å². The third-order valence-electron chi connectivity index (χ3n) is 1.46. The summed E-state index contributed by atoms with van der Waals surface area (Å²) in [6, 6.07) is 7.09. The monoisotopic (exact) mass is 242 g/mol. The molecule has 0 saturated carbocycles. The smallest absolute Gasteiger partial charge is 0.150 e. The molecule has 3 nitrogen and oxygen atoms in total. The second kappa shape index (κ2) is 4.28. The lowest BCUT2D eigenvalue weighted by Gasteiger charge is -2.08. The zero-order chi connectivity index (χ0) is 9.84.